The highest BCUT2D eigenvalue weighted by atomic mass is 16.6. The molecule has 2 spiro atoms. The summed E-state index contributed by atoms with van der Waals surface area (Å²) in [6.07, 6.45) is 5.62. The zero-order chi connectivity index (χ0) is 31.5. The number of nitrogens with one attached hydrogen (secondary N) is 1. The number of amides is 1. The standard InChI is InChI=1S/C35H60N2O6/c1-20-18-21(27(38)31(4,5)41)42-26-25(20)32(6)14-15-35-19-34(35)13-12-24(43-29(40)36-16-17-37(8)9)30(2,3)22(34)10-11-23(35)33(32,7)28(26)39/h20-28,38-39,41H,10-19H2,1-9H3,(H,36,40). The van der Waals surface area contributed by atoms with Crippen LogP contribution in [0.15, 0.2) is 0 Å². The van der Waals surface area contributed by atoms with Crippen LogP contribution < -0.4 is 5.32 Å². The smallest absolute Gasteiger partial charge is 0.407 e. The summed E-state index contributed by atoms with van der Waals surface area (Å²) in [5.41, 5.74) is -1.20. The van der Waals surface area contributed by atoms with E-state index >= 15 is 0 Å². The summed E-state index contributed by atoms with van der Waals surface area (Å²) in [6.45, 7) is 16.4. The van der Waals surface area contributed by atoms with E-state index in [1.807, 2.05) is 14.1 Å². The van der Waals surface area contributed by atoms with Gasteiger partial charge in [0.15, 0.2) is 0 Å². The molecule has 6 fully saturated rings. The molecule has 1 amide bonds. The monoisotopic (exact) mass is 604 g/mol. The highest BCUT2D eigenvalue weighted by Gasteiger charge is 2.84. The van der Waals surface area contributed by atoms with Gasteiger partial charge in [0.2, 0.25) is 0 Å². The molecule has 5 aliphatic carbocycles. The quantitative estimate of drug-likeness (QED) is 0.351. The van der Waals surface area contributed by atoms with E-state index in [1.165, 1.54) is 12.8 Å². The second-order valence-electron chi connectivity index (χ2n) is 17.8. The predicted octanol–water partition coefficient (Wildman–Crippen LogP) is 4.59. The molecule has 43 heavy (non-hydrogen) atoms. The SMILES string of the molecule is CC1CC(C(O)C(C)(C)O)OC2C1C1(C)CCC34CC35CCC(OC(=O)NCCN(C)C)C(C)(C)C5CCC4C1(C)C2O. The third-order valence-electron chi connectivity index (χ3n) is 14.9. The molecule has 246 valence electrons. The first kappa shape index (κ1) is 32.0. The molecule has 0 aromatic rings. The van der Waals surface area contributed by atoms with Crippen LogP contribution in [0.4, 0.5) is 4.79 Å². The lowest BCUT2D eigenvalue weighted by molar-refractivity contribution is -0.202. The van der Waals surface area contributed by atoms with E-state index in [9.17, 15) is 20.1 Å². The Balaban J connectivity index is 1.23. The van der Waals surface area contributed by atoms with Gasteiger partial charge in [-0.05, 0) is 119 Å². The van der Waals surface area contributed by atoms with Crippen molar-refractivity contribution >= 4 is 6.09 Å². The van der Waals surface area contributed by atoms with Crippen molar-refractivity contribution in [1.82, 2.24) is 10.2 Å². The first-order chi connectivity index (χ1) is 19.9. The van der Waals surface area contributed by atoms with Gasteiger partial charge in [0.25, 0.3) is 0 Å². The molecule has 5 saturated carbocycles. The van der Waals surface area contributed by atoms with E-state index in [4.69, 9.17) is 9.47 Å². The second kappa shape index (κ2) is 10.0. The van der Waals surface area contributed by atoms with Gasteiger partial charge in [-0.3, -0.25) is 0 Å². The van der Waals surface area contributed by atoms with Gasteiger partial charge in [-0.2, -0.15) is 0 Å². The number of likely N-dealkylation sites (N-methyl/N-ethyl adjacent to an activating group) is 1. The Morgan fingerprint density at radius 2 is 1.72 bits per heavy atom. The van der Waals surface area contributed by atoms with E-state index in [2.05, 4.69) is 44.8 Å². The van der Waals surface area contributed by atoms with Crippen LogP contribution in [-0.2, 0) is 9.47 Å². The number of rotatable bonds is 6. The number of aliphatic hydroxyl groups excluding tert-OH is 2. The number of carbonyl (C=O) groups is 1. The topological polar surface area (TPSA) is 111 Å². The second-order valence-corrected chi connectivity index (χ2v) is 17.8. The molecule has 1 aliphatic heterocycles. The Morgan fingerprint density at radius 3 is 2.37 bits per heavy atom. The van der Waals surface area contributed by atoms with Crippen molar-refractivity contribution < 1.29 is 29.6 Å². The van der Waals surface area contributed by atoms with Gasteiger partial charge in [0.1, 0.15) is 12.2 Å². The number of fused-ring (bicyclic) bond motifs is 4. The summed E-state index contributed by atoms with van der Waals surface area (Å²) in [5.74, 6) is 1.44. The number of alkyl carbamates (subject to hydrolysis) is 1. The third-order valence-corrected chi connectivity index (χ3v) is 14.9. The molecule has 8 nitrogen and oxygen atoms in total. The molecular weight excluding hydrogens is 544 g/mol. The van der Waals surface area contributed by atoms with Gasteiger partial charge >= 0.3 is 6.09 Å². The summed E-state index contributed by atoms with van der Waals surface area (Å²) in [7, 11) is 4.00. The van der Waals surface area contributed by atoms with Crippen molar-refractivity contribution in [2.45, 2.75) is 136 Å². The highest BCUT2D eigenvalue weighted by Crippen LogP contribution is 2.89. The van der Waals surface area contributed by atoms with Crippen LogP contribution in [0.3, 0.4) is 0 Å². The molecule has 0 radical (unpaired) electrons. The average Bonchev–Trinajstić information content (AvgIpc) is 3.54. The number of aliphatic hydroxyl groups is 3. The van der Waals surface area contributed by atoms with Crippen LogP contribution >= 0.6 is 0 Å². The van der Waals surface area contributed by atoms with Crippen molar-refractivity contribution in [1.29, 1.82) is 0 Å². The lowest BCUT2D eigenvalue weighted by Gasteiger charge is -2.63. The van der Waals surface area contributed by atoms with E-state index in [-0.39, 0.29) is 57.2 Å². The molecule has 0 bridgehead atoms. The number of hydrogen-bond donors (Lipinski definition) is 4. The van der Waals surface area contributed by atoms with E-state index in [1.54, 1.807) is 13.8 Å². The minimum absolute atomic E-state index is 0.0475. The van der Waals surface area contributed by atoms with Crippen LogP contribution in [0.5, 0.6) is 0 Å². The highest BCUT2D eigenvalue weighted by molar-refractivity contribution is 5.67. The number of nitrogens with zero attached hydrogens (tertiary/aromatic N) is 1. The summed E-state index contributed by atoms with van der Waals surface area (Å²) < 4.78 is 12.8. The normalized spacial score (nSPS) is 50.4. The van der Waals surface area contributed by atoms with Gasteiger partial charge in [-0.15, -0.1) is 0 Å². The summed E-state index contributed by atoms with van der Waals surface area (Å²) in [6, 6.07) is 0. The van der Waals surface area contributed by atoms with Gasteiger partial charge < -0.3 is 35.0 Å². The molecule has 0 aromatic heterocycles. The summed E-state index contributed by atoms with van der Waals surface area (Å²) in [5, 5.41) is 36.9. The molecule has 1 saturated heterocycles. The Morgan fingerprint density at radius 1 is 1.07 bits per heavy atom. The van der Waals surface area contributed by atoms with Crippen LogP contribution in [0, 0.1) is 50.7 Å². The first-order valence-electron chi connectivity index (χ1n) is 17.2. The van der Waals surface area contributed by atoms with Crippen LogP contribution in [0.1, 0.15) is 99.8 Å². The Hall–Kier alpha value is -0.930. The van der Waals surface area contributed by atoms with Crippen molar-refractivity contribution in [2.75, 3.05) is 27.2 Å². The Bertz CT molecular complexity index is 1110. The molecule has 1 heterocycles. The van der Waals surface area contributed by atoms with E-state index < -0.39 is 23.9 Å². The number of hydrogen-bond acceptors (Lipinski definition) is 7. The molecule has 8 heteroatoms. The van der Waals surface area contributed by atoms with Crippen LogP contribution in [0.25, 0.3) is 0 Å². The maximum atomic E-state index is 12.7. The van der Waals surface area contributed by atoms with E-state index in [0.717, 1.165) is 38.6 Å². The zero-order valence-electron chi connectivity index (χ0n) is 28.3. The van der Waals surface area contributed by atoms with Gasteiger partial charge in [-0.25, -0.2) is 4.79 Å². The maximum Gasteiger partial charge on any atom is 0.407 e. The molecule has 13 atom stereocenters. The lowest BCUT2D eigenvalue weighted by atomic mass is 9.41. The fourth-order valence-electron chi connectivity index (χ4n) is 12.7. The van der Waals surface area contributed by atoms with Crippen LogP contribution in [-0.4, -0.2) is 89.6 Å². The van der Waals surface area contributed by atoms with Crippen molar-refractivity contribution in [3.05, 3.63) is 0 Å². The molecular formula is C35H60N2O6. The maximum absolute atomic E-state index is 12.7. The largest absolute Gasteiger partial charge is 0.446 e. The summed E-state index contributed by atoms with van der Waals surface area (Å²) >= 11 is 0. The molecule has 0 aromatic carbocycles. The van der Waals surface area contributed by atoms with Gasteiger partial charge in [0, 0.05) is 23.9 Å². The molecule has 4 N–H and O–H groups in total. The van der Waals surface area contributed by atoms with Crippen LogP contribution in [0.2, 0.25) is 0 Å². The fraction of sp³-hybridized carbons (Fsp3) is 0.971. The fourth-order valence-corrected chi connectivity index (χ4v) is 12.7. The minimum atomic E-state index is -1.26. The van der Waals surface area contributed by atoms with Crippen molar-refractivity contribution in [2.24, 2.45) is 50.7 Å². The zero-order valence-corrected chi connectivity index (χ0v) is 28.3. The molecule has 6 aliphatic rings. The van der Waals surface area contributed by atoms with Gasteiger partial charge in [0.05, 0.1) is 23.9 Å². The minimum Gasteiger partial charge on any atom is -0.446 e. The molecule has 13 unspecified atom stereocenters. The Kier molecular flexibility index (Phi) is 7.47. The van der Waals surface area contributed by atoms with Crippen molar-refractivity contribution in [3.8, 4) is 0 Å². The number of carbonyl (C=O) groups excluding carboxylic acids is 1. The first-order valence-corrected chi connectivity index (χ1v) is 17.2. The van der Waals surface area contributed by atoms with Crippen molar-refractivity contribution in [3.63, 3.8) is 0 Å². The number of ether oxygens (including phenoxy) is 2. The average molecular weight is 605 g/mol. The molecule has 6 rings (SSSR count). The third kappa shape index (κ3) is 4.28. The lowest BCUT2D eigenvalue weighted by Crippen LogP contribution is -2.60. The predicted molar refractivity (Wildman–Crippen MR) is 165 cm³/mol. The Labute approximate surface area is 259 Å². The van der Waals surface area contributed by atoms with Gasteiger partial charge in [-0.1, -0.05) is 34.6 Å². The van der Waals surface area contributed by atoms with E-state index in [0.29, 0.717) is 24.8 Å². The summed E-state index contributed by atoms with van der Waals surface area (Å²) in [4.78, 5) is 14.8.